The number of hydrogen-bond acceptors (Lipinski definition) is 5. The van der Waals surface area contributed by atoms with Crippen molar-refractivity contribution in [3.63, 3.8) is 0 Å². The molecule has 0 spiro atoms. The van der Waals surface area contributed by atoms with Crippen LogP contribution in [-0.4, -0.2) is 74.9 Å². The highest BCUT2D eigenvalue weighted by Crippen LogP contribution is 2.23. The van der Waals surface area contributed by atoms with Gasteiger partial charge in [0.05, 0.1) is 5.60 Å². The molecule has 0 saturated carbocycles. The first-order valence-electron chi connectivity index (χ1n) is 9.55. The lowest BCUT2D eigenvalue weighted by molar-refractivity contribution is 0.0243. The van der Waals surface area contributed by atoms with Crippen LogP contribution >= 0.6 is 0 Å². The van der Waals surface area contributed by atoms with Crippen LogP contribution in [0, 0.1) is 0 Å². The van der Waals surface area contributed by atoms with Crippen molar-refractivity contribution in [2.75, 3.05) is 58.3 Å². The molecule has 0 amide bonds. The lowest BCUT2D eigenvalue weighted by Crippen LogP contribution is -2.45. The number of rotatable bonds is 5. The van der Waals surface area contributed by atoms with Gasteiger partial charge in [-0.1, -0.05) is 0 Å². The summed E-state index contributed by atoms with van der Waals surface area (Å²) < 4.78 is 5.83. The number of nitrogens with one attached hydrogen (secondary N) is 2. The molecule has 1 unspecified atom stereocenters. The first-order chi connectivity index (χ1) is 12.6. The Morgan fingerprint density at radius 3 is 2.81 bits per heavy atom. The van der Waals surface area contributed by atoms with E-state index in [9.17, 15) is 0 Å². The van der Waals surface area contributed by atoms with E-state index < -0.39 is 0 Å². The maximum Gasteiger partial charge on any atom is 0.191 e. The number of piperazine rings is 1. The normalized spacial score (nSPS) is 24.7. The minimum Gasteiger partial charge on any atom is -0.373 e. The Kier molecular flexibility index (Phi) is 6.32. The van der Waals surface area contributed by atoms with Gasteiger partial charge in [-0.15, -0.1) is 0 Å². The molecule has 0 aromatic carbocycles. The number of likely N-dealkylation sites (N-methyl/N-ethyl adjacent to an activating group) is 1. The SMILES string of the molecule is CN=C(NCc1ccnc(N2CCN(C)CC2)c1)NCC1(C)CCCO1. The van der Waals surface area contributed by atoms with Gasteiger partial charge in [0.15, 0.2) is 5.96 Å². The molecule has 2 aliphatic heterocycles. The summed E-state index contributed by atoms with van der Waals surface area (Å²) in [6, 6.07) is 4.23. The molecule has 1 aromatic rings. The van der Waals surface area contributed by atoms with Crippen LogP contribution in [0.3, 0.4) is 0 Å². The van der Waals surface area contributed by atoms with Crippen molar-refractivity contribution in [1.82, 2.24) is 20.5 Å². The lowest BCUT2D eigenvalue weighted by atomic mass is 10.0. The first-order valence-corrected chi connectivity index (χ1v) is 9.55. The van der Waals surface area contributed by atoms with E-state index in [2.05, 4.69) is 56.5 Å². The zero-order valence-corrected chi connectivity index (χ0v) is 16.3. The highest BCUT2D eigenvalue weighted by Gasteiger charge is 2.29. The largest absolute Gasteiger partial charge is 0.373 e. The van der Waals surface area contributed by atoms with E-state index in [1.807, 2.05) is 6.20 Å². The fourth-order valence-electron chi connectivity index (χ4n) is 3.43. The van der Waals surface area contributed by atoms with Gasteiger partial charge in [-0.25, -0.2) is 4.98 Å². The molecule has 2 fully saturated rings. The van der Waals surface area contributed by atoms with Gasteiger partial charge in [0.2, 0.25) is 0 Å². The summed E-state index contributed by atoms with van der Waals surface area (Å²) in [5.74, 6) is 1.87. The van der Waals surface area contributed by atoms with Crippen LogP contribution in [0.2, 0.25) is 0 Å². The van der Waals surface area contributed by atoms with Gasteiger partial charge in [0.25, 0.3) is 0 Å². The number of nitrogens with zero attached hydrogens (tertiary/aromatic N) is 4. The van der Waals surface area contributed by atoms with Gasteiger partial charge in [-0.3, -0.25) is 4.99 Å². The topological polar surface area (TPSA) is 65.0 Å². The predicted octanol–water partition coefficient (Wildman–Crippen LogP) is 1.07. The molecule has 3 rings (SSSR count). The van der Waals surface area contributed by atoms with Crippen LogP contribution < -0.4 is 15.5 Å². The molecule has 144 valence electrons. The van der Waals surface area contributed by atoms with Gasteiger partial charge in [-0.2, -0.15) is 0 Å². The maximum atomic E-state index is 5.83. The molecule has 26 heavy (non-hydrogen) atoms. The molecule has 0 bridgehead atoms. The Morgan fingerprint density at radius 1 is 1.31 bits per heavy atom. The highest BCUT2D eigenvalue weighted by molar-refractivity contribution is 5.79. The van der Waals surface area contributed by atoms with E-state index in [1.165, 1.54) is 5.56 Å². The van der Waals surface area contributed by atoms with Crippen LogP contribution in [0.1, 0.15) is 25.3 Å². The summed E-state index contributed by atoms with van der Waals surface area (Å²) in [5, 5.41) is 6.78. The summed E-state index contributed by atoms with van der Waals surface area (Å²) >= 11 is 0. The third-order valence-corrected chi connectivity index (χ3v) is 5.25. The Morgan fingerprint density at radius 2 is 2.12 bits per heavy atom. The number of ether oxygens (including phenoxy) is 1. The second-order valence-electron chi connectivity index (χ2n) is 7.49. The van der Waals surface area contributed by atoms with E-state index >= 15 is 0 Å². The molecule has 2 N–H and O–H groups in total. The quantitative estimate of drug-likeness (QED) is 0.605. The van der Waals surface area contributed by atoms with Crippen LogP contribution in [-0.2, 0) is 11.3 Å². The number of hydrogen-bond donors (Lipinski definition) is 2. The Hall–Kier alpha value is -1.86. The molecular weight excluding hydrogens is 328 g/mol. The molecule has 7 nitrogen and oxygen atoms in total. The number of guanidine groups is 1. The van der Waals surface area contributed by atoms with Gasteiger partial charge >= 0.3 is 0 Å². The molecule has 0 aliphatic carbocycles. The molecule has 1 aromatic heterocycles. The number of aromatic nitrogens is 1. The average molecular weight is 361 g/mol. The second kappa shape index (κ2) is 8.68. The van der Waals surface area contributed by atoms with Crippen LogP contribution in [0.15, 0.2) is 23.3 Å². The zero-order chi connectivity index (χ0) is 18.4. The summed E-state index contributed by atoms with van der Waals surface area (Å²) in [5.41, 5.74) is 1.13. The second-order valence-corrected chi connectivity index (χ2v) is 7.49. The van der Waals surface area contributed by atoms with Gasteiger partial charge in [-0.05, 0) is 44.5 Å². The van der Waals surface area contributed by atoms with Crippen LogP contribution in [0.25, 0.3) is 0 Å². The highest BCUT2D eigenvalue weighted by atomic mass is 16.5. The van der Waals surface area contributed by atoms with Crippen molar-refractivity contribution >= 4 is 11.8 Å². The molecule has 1 atom stereocenters. The van der Waals surface area contributed by atoms with Crippen molar-refractivity contribution < 1.29 is 4.74 Å². The Balaban J connectivity index is 1.51. The minimum absolute atomic E-state index is 0.0805. The monoisotopic (exact) mass is 360 g/mol. The van der Waals surface area contributed by atoms with Gasteiger partial charge in [0.1, 0.15) is 5.82 Å². The summed E-state index contributed by atoms with van der Waals surface area (Å²) in [6.45, 7) is 8.74. The Labute approximate surface area is 156 Å². The fraction of sp³-hybridized carbons (Fsp3) is 0.684. The third kappa shape index (κ3) is 5.08. The molecule has 7 heteroatoms. The van der Waals surface area contributed by atoms with Gasteiger partial charge in [0, 0.05) is 59.1 Å². The van der Waals surface area contributed by atoms with Crippen molar-refractivity contribution in [3.8, 4) is 0 Å². The first kappa shape index (κ1) is 18.9. The number of pyridine rings is 1. The van der Waals surface area contributed by atoms with Crippen molar-refractivity contribution in [2.24, 2.45) is 4.99 Å². The maximum absolute atomic E-state index is 5.83. The van der Waals surface area contributed by atoms with E-state index in [1.54, 1.807) is 7.05 Å². The van der Waals surface area contributed by atoms with E-state index in [4.69, 9.17) is 4.74 Å². The van der Waals surface area contributed by atoms with Crippen LogP contribution in [0.4, 0.5) is 5.82 Å². The standard InChI is InChI=1S/C19H32N6O/c1-19(6-4-12-26-19)15-23-18(20-2)22-14-16-5-7-21-17(13-16)25-10-8-24(3)9-11-25/h5,7,13H,4,6,8-12,14-15H2,1-3H3,(H2,20,22,23). The zero-order valence-electron chi connectivity index (χ0n) is 16.3. The predicted molar refractivity (Wildman–Crippen MR) is 106 cm³/mol. The van der Waals surface area contributed by atoms with E-state index in [0.717, 1.165) is 70.5 Å². The molecule has 0 radical (unpaired) electrons. The molecule has 2 aliphatic rings. The number of aliphatic imine (C=N–C) groups is 1. The van der Waals surface area contributed by atoms with E-state index in [-0.39, 0.29) is 5.60 Å². The molecular formula is C19H32N6O. The summed E-state index contributed by atoms with van der Waals surface area (Å²) in [7, 11) is 3.97. The number of anilines is 1. The Bertz CT molecular complexity index is 606. The summed E-state index contributed by atoms with van der Waals surface area (Å²) in [6.07, 6.45) is 4.13. The van der Waals surface area contributed by atoms with Crippen molar-refractivity contribution in [3.05, 3.63) is 23.9 Å². The minimum atomic E-state index is -0.0805. The van der Waals surface area contributed by atoms with E-state index in [0.29, 0.717) is 0 Å². The molecule has 3 heterocycles. The third-order valence-electron chi connectivity index (χ3n) is 5.25. The fourth-order valence-corrected chi connectivity index (χ4v) is 3.43. The summed E-state index contributed by atoms with van der Waals surface area (Å²) in [4.78, 5) is 13.6. The average Bonchev–Trinajstić information content (AvgIpc) is 3.09. The van der Waals surface area contributed by atoms with Gasteiger partial charge < -0.3 is 25.2 Å². The lowest BCUT2D eigenvalue weighted by Gasteiger charge is -2.33. The van der Waals surface area contributed by atoms with Crippen molar-refractivity contribution in [1.29, 1.82) is 0 Å². The molecule has 2 saturated heterocycles. The smallest absolute Gasteiger partial charge is 0.191 e. The van der Waals surface area contributed by atoms with Crippen molar-refractivity contribution in [2.45, 2.75) is 31.9 Å². The van der Waals surface area contributed by atoms with Crippen LogP contribution in [0.5, 0.6) is 0 Å².